The van der Waals surface area contributed by atoms with E-state index < -0.39 is 146 Å². The molecule has 2 aliphatic rings. The molecule has 0 spiro atoms. The van der Waals surface area contributed by atoms with Crippen LogP contribution < -0.4 is 31.9 Å². The molecule has 0 aliphatic carbocycles. The highest BCUT2D eigenvalue weighted by atomic mass is 35.5. The van der Waals surface area contributed by atoms with Crippen LogP contribution in [0.2, 0.25) is 10.0 Å². The number of aliphatic carboxylic acids is 2. The minimum atomic E-state index is -2.50. The quantitative estimate of drug-likeness (QED) is 0.0263. The number of hydrogen-bond acceptors (Lipinski definition) is 20. The van der Waals surface area contributed by atoms with Gasteiger partial charge in [0.25, 0.3) is 35.2 Å². The summed E-state index contributed by atoms with van der Waals surface area (Å²) >= 11 is 15.4. The van der Waals surface area contributed by atoms with Gasteiger partial charge in [-0.1, -0.05) is 83.9 Å². The normalized spacial score (nSPS) is 22.1. The third-order valence-corrected chi connectivity index (χ3v) is 18.4. The van der Waals surface area contributed by atoms with Crippen molar-refractivity contribution in [1.82, 2.24) is 31.9 Å². The Hall–Kier alpha value is -7.26. The van der Waals surface area contributed by atoms with Gasteiger partial charge in [-0.3, -0.25) is 28.8 Å². The van der Waals surface area contributed by atoms with Crippen LogP contribution >= 0.6 is 46.7 Å². The number of amides is 6. The number of carbonyl (C=O) groups excluding carboxylic acids is 6. The topological polar surface area (TPSA) is 408 Å². The molecule has 96 heavy (non-hydrogen) atoms. The second kappa shape index (κ2) is 36.4. The van der Waals surface area contributed by atoms with Gasteiger partial charge in [0.1, 0.15) is 24.4 Å². The lowest BCUT2D eigenvalue weighted by atomic mass is 9.88. The Morgan fingerprint density at radius 1 is 0.500 bits per heavy atom. The van der Waals surface area contributed by atoms with Crippen molar-refractivity contribution in [2.24, 2.45) is 0 Å². The molecule has 2 aliphatic heterocycles. The molecule has 2 fully saturated rings. The fourth-order valence-corrected chi connectivity index (χ4v) is 12.7. The van der Waals surface area contributed by atoms with Gasteiger partial charge in [0.05, 0.1) is 49.7 Å². The number of nitrogens with one attached hydrogen (secondary N) is 6. The summed E-state index contributed by atoms with van der Waals surface area (Å²) in [4.78, 5) is 102. The van der Waals surface area contributed by atoms with Crippen LogP contribution in [0.25, 0.3) is 22.3 Å². The van der Waals surface area contributed by atoms with Gasteiger partial charge in [-0.15, -0.1) is 0 Å². The molecule has 26 nitrogen and oxygen atoms in total. The Labute approximate surface area is 571 Å². The molecule has 0 radical (unpaired) electrons. The van der Waals surface area contributed by atoms with Gasteiger partial charge < -0.3 is 91.7 Å². The van der Waals surface area contributed by atoms with Crippen molar-refractivity contribution in [1.29, 1.82) is 0 Å². The summed E-state index contributed by atoms with van der Waals surface area (Å²) in [5, 5.41) is 104. The van der Waals surface area contributed by atoms with Crippen LogP contribution in [0.5, 0.6) is 0 Å². The number of carboxylic acid groups (broad SMARTS) is 2. The lowest BCUT2D eigenvalue weighted by Gasteiger charge is -2.46. The number of carbonyl (C=O) groups is 8. The summed E-state index contributed by atoms with van der Waals surface area (Å²) < 4.78 is 23.2. The molecule has 5 aromatic carbocycles. The van der Waals surface area contributed by atoms with E-state index >= 15 is 0 Å². The van der Waals surface area contributed by atoms with E-state index in [2.05, 4.69) is 31.9 Å². The molecule has 7 rings (SSSR count). The molecule has 2 heterocycles. The first-order valence-electron chi connectivity index (χ1n) is 30.6. The maximum Gasteiger partial charge on any atom is 0.364 e. The zero-order chi connectivity index (χ0) is 69.7. The van der Waals surface area contributed by atoms with E-state index in [0.717, 1.165) is 36.1 Å². The van der Waals surface area contributed by atoms with E-state index in [0.29, 0.717) is 44.2 Å². The van der Waals surface area contributed by atoms with Gasteiger partial charge in [-0.25, -0.2) is 9.59 Å². The number of thioether (sulfide) groups is 2. The summed E-state index contributed by atoms with van der Waals surface area (Å²) in [5.74, 6) is -9.81. The van der Waals surface area contributed by atoms with E-state index in [4.69, 9.17) is 42.1 Å². The molecule has 0 aromatic heterocycles. The zero-order valence-corrected chi connectivity index (χ0v) is 55.4. The molecule has 518 valence electrons. The fourth-order valence-electron chi connectivity index (χ4n) is 10.6. The second-order valence-corrected chi connectivity index (χ2v) is 25.9. The Bertz CT molecular complexity index is 3250. The summed E-state index contributed by atoms with van der Waals surface area (Å²) in [6.07, 6.45) is -14.9. The third kappa shape index (κ3) is 20.9. The lowest BCUT2D eigenvalue weighted by Crippen LogP contribution is -2.68. The highest BCUT2D eigenvalue weighted by Crippen LogP contribution is 2.36. The van der Waals surface area contributed by atoms with E-state index in [-0.39, 0.29) is 50.3 Å². The van der Waals surface area contributed by atoms with Crippen molar-refractivity contribution < 1.29 is 98.2 Å². The number of ether oxygens (including phenoxy) is 4. The number of hydrogen-bond donors (Lipinski definition) is 14. The van der Waals surface area contributed by atoms with Gasteiger partial charge in [-0.05, 0) is 96.1 Å². The van der Waals surface area contributed by atoms with Crippen molar-refractivity contribution in [2.75, 3.05) is 62.4 Å². The second-order valence-electron chi connectivity index (χ2n) is 22.6. The van der Waals surface area contributed by atoms with Crippen LogP contribution in [0.4, 0.5) is 0 Å². The first-order valence-corrected chi connectivity index (χ1v) is 33.7. The minimum absolute atomic E-state index is 0.194. The van der Waals surface area contributed by atoms with Crippen LogP contribution in [-0.4, -0.2) is 223 Å². The minimum Gasteiger partial charge on any atom is -0.477 e. The maximum absolute atomic E-state index is 13.0. The largest absolute Gasteiger partial charge is 0.477 e. The predicted molar refractivity (Wildman–Crippen MR) is 356 cm³/mol. The summed E-state index contributed by atoms with van der Waals surface area (Å²) in [6, 6.07) is 30.5. The van der Waals surface area contributed by atoms with Crippen molar-refractivity contribution in [2.45, 2.75) is 112 Å². The van der Waals surface area contributed by atoms with E-state index in [1.54, 1.807) is 72.8 Å². The molecular weight excluding hydrogens is 1330 g/mol. The number of benzene rings is 5. The van der Waals surface area contributed by atoms with Crippen molar-refractivity contribution >= 4 is 94.1 Å². The highest BCUT2D eigenvalue weighted by Gasteiger charge is 2.57. The molecular formula is C66H78Cl2N6O20S2. The Kier molecular flexibility index (Phi) is 28.8. The number of aliphatic hydroxyl groups is 6. The van der Waals surface area contributed by atoms with Crippen molar-refractivity contribution in [3.63, 3.8) is 0 Å². The van der Waals surface area contributed by atoms with Crippen LogP contribution in [0.15, 0.2) is 121 Å². The molecule has 2 saturated heterocycles. The van der Waals surface area contributed by atoms with Gasteiger partial charge >= 0.3 is 11.9 Å². The monoisotopic (exact) mass is 1410 g/mol. The van der Waals surface area contributed by atoms with E-state index in [9.17, 15) is 79.2 Å². The Balaban J connectivity index is 0.776. The van der Waals surface area contributed by atoms with Crippen molar-refractivity contribution in [3.8, 4) is 22.3 Å². The average molecular weight is 1410 g/mol. The van der Waals surface area contributed by atoms with Crippen molar-refractivity contribution in [3.05, 3.63) is 154 Å². The van der Waals surface area contributed by atoms with Gasteiger partial charge in [0.2, 0.25) is 11.8 Å². The summed E-state index contributed by atoms with van der Waals surface area (Å²) in [7, 11) is 0. The molecule has 0 bridgehead atoms. The average Bonchev–Trinajstić information content (AvgIpc) is 0.777. The summed E-state index contributed by atoms with van der Waals surface area (Å²) in [5.41, 5.74) is 4.05. The Morgan fingerprint density at radius 2 is 0.823 bits per heavy atom. The number of rotatable bonds is 34. The Morgan fingerprint density at radius 3 is 1.15 bits per heavy atom. The van der Waals surface area contributed by atoms with Crippen LogP contribution in [0.3, 0.4) is 0 Å². The van der Waals surface area contributed by atoms with Crippen LogP contribution in [-0.2, 0) is 38.1 Å². The van der Waals surface area contributed by atoms with Crippen LogP contribution in [0.1, 0.15) is 81.0 Å². The van der Waals surface area contributed by atoms with E-state index in [1.807, 2.05) is 24.3 Å². The van der Waals surface area contributed by atoms with E-state index in [1.165, 1.54) is 47.8 Å². The number of aliphatic hydroxyl groups excluding tert-OH is 6. The molecule has 0 saturated carbocycles. The fraction of sp³-hybridized carbons (Fsp3) is 0.424. The first-order chi connectivity index (χ1) is 45.8. The predicted octanol–water partition coefficient (Wildman–Crippen LogP) is 3.24. The first kappa shape index (κ1) is 76.1. The third-order valence-electron chi connectivity index (χ3n) is 15.6. The molecule has 6 amide bonds. The molecule has 0 unspecified atom stereocenters. The maximum atomic E-state index is 13.0. The highest BCUT2D eigenvalue weighted by molar-refractivity contribution is 7.99. The molecule has 12 atom stereocenters. The number of carboxylic acids is 2. The van der Waals surface area contributed by atoms with Crippen LogP contribution in [0, 0.1) is 0 Å². The molecule has 30 heteroatoms. The number of halogens is 2. The summed E-state index contributed by atoms with van der Waals surface area (Å²) in [6.45, 7) is 1.32. The standard InChI is InChI=1S/C66H78Cl2N6O20S2/c1-37(75)73-53-49(77)33-65(63(87)88,93-57(53)55(81)51(79)35-71-61(85)43-17-13-39(14-18-43)45-9-3-5-11-47(45)67)91-27-7-29-95-31-25-69-59(83)41-21-23-42(24-22-41)60(84)70-26-32-96-30-8-28-92-66(64(89)90)34-50(78)54(74-38(2)76)58(94-66)56(82)52(80)36-72-62(86)44-19-15-40(16-20-44)46-10-4-6-12-48(46)68/h3-6,9-24,49-58,77-82H,7-8,25-36H2,1-2H3,(H,69,83)(H,70,84)(H,71,85)(H,72,86)(H,73,75)(H,74,76)(H,87,88)(H,89,90)/t49-,50-,51+,52+,53+,54+,55+,56+,57+,58+,65+,66+/m0/s1. The zero-order valence-electron chi connectivity index (χ0n) is 52.3. The lowest BCUT2D eigenvalue weighted by molar-refractivity contribution is -0.310. The molecule has 5 aromatic rings. The van der Waals surface area contributed by atoms with Gasteiger partial charge in [-0.2, -0.15) is 23.5 Å². The smallest absolute Gasteiger partial charge is 0.364 e. The SMILES string of the molecule is CC(=O)N[C@H]1[C@H]([C@H](O)[C@H](O)CNC(=O)c2ccc(-c3ccccc3Cl)cc2)O[C@@](OCCCSCCNC(=O)c2ccc(C(=O)NCCSCCCO[C@]3(C(=O)O)C[C@H](O)[C@@H](NC(C)=O)[C@H]([C@H](O)[C@H](O)CNC(=O)c4ccc(-c5ccccc5Cl)cc4)O3)cc2)(C(=O)O)C[C@@H]1O. The molecule has 14 N–H and O–H groups in total. The van der Waals surface area contributed by atoms with Gasteiger partial charge in [0, 0.05) is 108 Å². The van der Waals surface area contributed by atoms with Gasteiger partial charge in [0.15, 0.2) is 0 Å².